The fraction of sp³-hybridized carbons (Fsp3) is 0.250. The zero-order valence-electron chi connectivity index (χ0n) is 9.67. The molecule has 0 spiro atoms. The number of nitrogens with two attached hydrogens (primary N) is 1. The van der Waals surface area contributed by atoms with Gasteiger partial charge in [-0.25, -0.2) is 0 Å². The summed E-state index contributed by atoms with van der Waals surface area (Å²) in [5, 5.41) is 3.21. The predicted molar refractivity (Wildman–Crippen MR) is 66.2 cm³/mol. The van der Waals surface area contributed by atoms with Gasteiger partial charge in [0.15, 0.2) is 0 Å². The smallest absolute Gasteiger partial charge is 0.0759 e. The number of likely N-dealkylation sites (N-methyl/N-ethyl adjacent to an activating group) is 1. The van der Waals surface area contributed by atoms with Crippen LogP contribution < -0.4 is 11.1 Å². The highest BCUT2D eigenvalue weighted by Gasteiger charge is 2.13. The van der Waals surface area contributed by atoms with Gasteiger partial charge in [0.25, 0.3) is 0 Å². The lowest BCUT2D eigenvalue weighted by atomic mass is 10.0. The van der Waals surface area contributed by atoms with E-state index in [0.717, 1.165) is 23.4 Å². The molecule has 2 aromatic rings. The molecule has 2 heterocycles. The lowest BCUT2D eigenvalue weighted by Crippen LogP contribution is -2.20. The lowest BCUT2D eigenvalue weighted by Gasteiger charge is -2.15. The molecule has 0 aliphatic rings. The molecule has 0 aromatic carbocycles. The molecule has 5 heteroatoms. The van der Waals surface area contributed by atoms with Crippen LogP contribution in [0.3, 0.4) is 0 Å². The van der Waals surface area contributed by atoms with Crippen molar-refractivity contribution in [3.63, 3.8) is 0 Å². The molecule has 1 unspecified atom stereocenters. The third-order valence-corrected chi connectivity index (χ3v) is 2.65. The molecule has 0 aliphatic heterocycles. The number of anilines is 1. The van der Waals surface area contributed by atoms with Crippen LogP contribution in [0, 0.1) is 0 Å². The zero-order valence-corrected chi connectivity index (χ0v) is 9.67. The van der Waals surface area contributed by atoms with Crippen LogP contribution in [-0.4, -0.2) is 22.0 Å². The summed E-state index contributed by atoms with van der Waals surface area (Å²) in [5.41, 5.74) is 8.56. The van der Waals surface area contributed by atoms with Crippen molar-refractivity contribution in [3.05, 3.63) is 48.3 Å². The van der Waals surface area contributed by atoms with Gasteiger partial charge < -0.3 is 11.1 Å². The first kappa shape index (κ1) is 11.5. The van der Waals surface area contributed by atoms with E-state index in [1.807, 2.05) is 7.05 Å². The second-order valence-corrected chi connectivity index (χ2v) is 3.75. The molecule has 88 valence electrons. The molecule has 0 saturated heterocycles. The molecule has 0 saturated carbocycles. The molecule has 0 radical (unpaired) electrons. The summed E-state index contributed by atoms with van der Waals surface area (Å²) in [7, 11) is 1.89. The van der Waals surface area contributed by atoms with Crippen molar-refractivity contribution in [2.75, 3.05) is 12.8 Å². The maximum absolute atomic E-state index is 5.90. The first-order valence-corrected chi connectivity index (χ1v) is 5.43. The molecule has 0 fully saturated rings. The van der Waals surface area contributed by atoms with E-state index in [9.17, 15) is 0 Å². The van der Waals surface area contributed by atoms with E-state index in [1.165, 1.54) is 0 Å². The summed E-state index contributed by atoms with van der Waals surface area (Å²) in [6.07, 6.45) is 9.33. The fourth-order valence-corrected chi connectivity index (χ4v) is 1.67. The van der Waals surface area contributed by atoms with E-state index in [2.05, 4.69) is 20.3 Å². The number of nitrogen functional groups attached to an aromatic ring is 1. The highest BCUT2D eigenvalue weighted by Crippen LogP contribution is 2.18. The second kappa shape index (κ2) is 5.36. The van der Waals surface area contributed by atoms with E-state index >= 15 is 0 Å². The minimum Gasteiger partial charge on any atom is -0.398 e. The lowest BCUT2D eigenvalue weighted by molar-refractivity contribution is 0.573. The monoisotopic (exact) mass is 229 g/mol. The molecule has 5 nitrogen and oxygen atoms in total. The van der Waals surface area contributed by atoms with Crippen molar-refractivity contribution in [2.24, 2.45) is 0 Å². The van der Waals surface area contributed by atoms with Gasteiger partial charge in [0.1, 0.15) is 0 Å². The van der Waals surface area contributed by atoms with E-state index in [-0.39, 0.29) is 6.04 Å². The normalized spacial score (nSPS) is 12.3. The average Bonchev–Trinajstić information content (AvgIpc) is 2.39. The quantitative estimate of drug-likeness (QED) is 0.816. The van der Waals surface area contributed by atoms with E-state index < -0.39 is 0 Å². The molecule has 17 heavy (non-hydrogen) atoms. The maximum Gasteiger partial charge on any atom is 0.0759 e. The summed E-state index contributed by atoms with van der Waals surface area (Å²) in [6, 6.07) is 1.90. The molecule has 1 atom stereocenters. The molecule has 0 amide bonds. The van der Waals surface area contributed by atoms with Gasteiger partial charge in [-0.3, -0.25) is 15.0 Å². The molecule has 2 aromatic heterocycles. The Morgan fingerprint density at radius 3 is 2.71 bits per heavy atom. The summed E-state index contributed by atoms with van der Waals surface area (Å²) in [5.74, 6) is 0. The maximum atomic E-state index is 5.90. The van der Waals surface area contributed by atoms with Gasteiger partial charge in [-0.05, 0) is 25.1 Å². The van der Waals surface area contributed by atoms with E-state index in [1.54, 1.807) is 37.1 Å². The number of aromatic nitrogens is 3. The Hall–Kier alpha value is -2.01. The van der Waals surface area contributed by atoms with Gasteiger partial charge in [-0.1, -0.05) is 0 Å². The summed E-state index contributed by atoms with van der Waals surface area (Å²) in [4.78, 5) is 12.4. The number of pyridine rings is 1. The van der Waals surface area contributed by atoms with Gasteiger partial charge in [0.05, 0.1) is 11.7 Å². The number of hydrogen-bond acceptors (Lipinski definition) is 5. The average molecular weight is 229 g/mol. The van der Waals surface area contributed by atoms with Gasteiger partial charge in [0, 0.05) is 36.7 Å². The van der Waals surface area contributed by atoms with Crippen molar-refractivity contribution >= 4 is 5.69 Å². The van der Waals surface area contributed by atoms with Gasteiger partial charge in [-0.2, -0.15) is 0 Å². The van der Waals surface area contributed by atoms with Crippen LogP contribution in [0.25, 0.3) is 0 Å². The Balaban J connectivity index is 2.19. The Labute approximate surface area is 100 Å². The SMILES string of the molecule is CNC(Cc1cnccc1N)c1cnccn1. The number of hydrogen-bond donors (Lipinski definition) is 2. The van der Waals surface area contributed by atoms with E-state index in [0.29, 0.717) is 0 Å². The van der Waals surface area contributed by atoms with Gasteiger partial charge >= 0.3 is 0 Å². The van der Waals surface area contributed by atoms with Crippen molar-refractivity contribution in [1.29, 1.82) is 0 Å². The molecule has 0 aliphatic carbocycles. The zero-order chi connectivity index (χ0) is 12.1. The summed E-state index contributed by atoms with van der Waals surface area (Å²) < 4.78 is 0. The topological polar surface area (TPSA) is 76.7 Å². The first-order valence-electron chi connectivity index (χ1n) is 5.43. The molecular weight excluding hydrogens is 214 g/mol. The Morgan fingerprint density at radius 1 is 1.24 bits per heavy atom. The van der Waals surface area contributed by atoms with E-state index in [4.69, 9.17) is 5.73 Å². The van der Waals surface area contributed by atoms with Crippen molar-refractivity contribution in [1.82, 2.24) is 20.3 Å². The largest absolute Gasteiger partial charge is 0.398 e. The van der Waals surface area contributed by atoms with Crippen LogP contribution >= 0.6 is 0 Å². The van der Waals surface area contributed by atoms with Crippen LogP contribution in [0.4, 0.5) is 5.69 Å². The Morgan fingerprint density at radius 2 is 2.06 bits per heavy atom. The first-order chi connectivity index (χ1) is 8.31. The third kappa shape index (κ3) is 2.76. The Bertz CT molecular complexity index is 471. The van der Waals surface area contributed by atoms with Gasteiger partial charge in [-0.15, -0.1) is 0 Å². The number of nitrogens with zero attached hydrogens (tertiary/aromatic N) is 3. The third-order valence-electron chi connectivity index (χ3n) is 2.65. The highest BCUT2D eigenvalue weighted by atomic mass is 14.9. The molecular formula is C12H15N5. The van der Waals surface area contributed by atoms with Crippen LogP contribution in [0.2, 0.25) is 0 Å². The second-order valence-electron chi connectivity index (χ2n) is 3.75. The summed E-state index contributed by atoms with van der Waals surface area (Å²) in [6.45, 7) is 0. The number of nitrogens with one attached hydrogen (secondary N) is 1. The predicted octanol–water partition coefficient (Wildman–Crippen LogP) is 0.957. The fourth-order valence-electron chi connectivity index (χ4n) is 1.67. The van der Waals surface area contributed by atoms with Crippen molar-refractivity contribution < 1.29 is 0 Å². The van der Waals surface area contributed by atoms with Crippen LogP contribution in [0.15, 0.2) is 37.1 Å². The molecule has 2 rings (SSSR count). The minimum absolute atomic E-state index is 0.0928. The Kier molecular flexibility index (Phi) is 3.62. The molecule has 3 N–H and O–H groups in total. The number of rotatable bonds is 4. The van der Waals surface area contributed by atoms with Crippen molar-refractivity contribution in [3.8, 4) is 0 Å². The summed E-state index contributed by atoms with van der Waals surface area (Å²) >= 11 is 0. The van der Waals surface area contributed by atoms with Crippen LogP contribution in [0.1, 0.15) is 17.3 Å². The van der Waals surface area contributed by atoms with Crippen molar-refractivity contribution in [2.45, 2.75) is 12.5 Å². The van der Waals surface area contributed by atoms with Crippen LogP contribution in [0.5, 0.6) is 0 Å². The van der Waals surface area contributed by atoms with Crippen LogP contribution in [-0.2, 0) is 6.42 Å². The minimum atomic E-state index is 0.0928. The highest BCUT2D eigenvalue weighted by molar-refractivity contribution is 5.44. The van der Waals surface area contributed by atoms with Gasteiger partial charge in [0.2, 0.25) is 0 Å². The standard InChI is InChI=1S/C12H15N5/c1-14-11(12-8-16-4-5-17-12)6-9-7-15-3-2-10(9)13/h2-5,7-8,11,14H,6H2,1H3,(H2,13,15). The molecule has 0 bridgehead atoms.